The monoisotopic (exact) mass is 177 g/mol. The first-order valence-electron chi connectivity index (χ1n) is 4.35. The lowest BCUT2D eigenvalue weighted by molar-refractivity contribution is 0.350. The average molecular weight is 177 g/mol. The molecule has 0 atom stereocenters. The van der Waals surface area contributed by atoms with Gasteiger partial charge in [-0.25, -0.2) is 4.98 Å². The van der Waals surface area contributed by atoms with Crippen LogP contribution in [0.4, 0.5) is 0 Å². The molecule has 0 aliphatic carbocycles. The van der Waals surface area contributed by atoms with Crippen LogP contribution in [0.3, 0.4) is 0 Å². The zero-order valence-electron chi connectivity index (χ0n) is 8.33. The van der Waals surface area contributed by atoms with E-state index >= 15 is 0 Å². The topological polar surface area (TPSA) is 33.1 Å². The summed E-state index contributed by atoms with van der Waals surface area (Å²) in [6, 6.07) is 3.77. The number of aromatic nitrogens is 1. The summed E-state index contributed by atoms with van der Waals surface area (Å²) in [7, 11) is 0. The Balaban J connectivity index is 0.000000671. The number of rotatable bonds is 0. The Morgan fingerprint density at radius 3 is 2.54 bits per heavy atom. The smallest absolute Gasteiger partial charge is 0.113 e. The number of hydrogen-bond donors (Lipinski definition) is 1. The minimum Gasteiger partial charge on any atom is -0.384 e. The van der Waals surface area contributed by atoms with Crippen LogP contribution in [-0.2, 0) is 0 Å². The first-order chi connectivity index (χ1) is 6.33. The highest BCUT2D eigenvalue weighted by molar-refractivity contribution is 5.28. The lowest BCUT2D eigenvalue weighted by Gasteiger charge is -1.89. The van der Waals surface area contributed by atoms with Crippen LogP contribution in [0.2, 0.25) is 0 Å². The lowest BCUT2D eigenvalue weighted by Crippen LogP contribution is -1.82. The van der Waals surface area contributed by atoms with Gasteiger partial charge in [0.15, 0.2) is 0 Å². The van der Waals surface area contributed by atoms with Gasteiger partial charge in [-0.3, -0.25) is 0 Å². The van der Waals surface area contributed by atoms with E-state index in [4.69, 9.17) is 5.11 Å². The molecule has 0 saturated carbocycles. The highest BCUT2D eigenvalue weighted by Crippen LogP contribution is 1.95. The van der Waals surface area contributed by atoms with Crippen LogP contribution in [-0.4, -0.2) is 16.7 Å². The molecule has 1 heterocycles. The molecule has 0 bridgehead atoms. The van der Waals surface area contributed by atoms with Crippen molar-refractivity contribution in [2.75, 3.05) is 6.61 Å². The van der Waals surface area contributed by atoms with E-state index in [-0.39, 0.29) is 6.61 Å². The quantitative estimate of drug-likeness (QED) is 0.612. The fourth-order valence-corrected chi connectivity index (χ4v) is 0.672. The Labute approximate surface area is 79.6 Å². The zero-order chi connectivity index (χ0) is 10.1. The summed E-state index contributed by atoms with van der Waals surface area (Å²) < 4.78 is 0. The molecule has 0 aliphatic rings. The highest BCUT2D eigenvalue weighted by atomic mass is 16.2. The maximum Gasteiger partial charge on any atom is 0.113 e. The van der Waals surface area contributed by atoms with Crippen molar-refractivity contribution < 1.29 is 5.11 Å². The predicted molar refractivity (Wildman–Crippen MR) is 54.3 cm³/mol. The van der Waals surface area contributed by atoms with Crippen molar-refractivity contribution in [1.29, 1.82) is 0 Å². The minimum absolute atomic E-state index is 0.116. The largest absolute Gasteiger partial charge is 0.384 e. The number of hydrogen-bond acceptors (Lipinski definition) is 2. The molecule has 1 aromatic heterocycles. The molecule has 0 aliphatic heterocycles. The summed E-state index contributed by atoms with van der Waals surface area (Å²) in [5.74, 6) is 5.24. The van der Waals surface area contributed by atoms with Crippen molar-refractivity contribution in [1.82, 2.24) is 4.98 Å². The van der Waals surface area contributed by atoms with Crippen LogP contribution in [0.15, 0.2) is 18.3 Å². The first kappa shape index (κ1) is 11.7. The number of nitrogens with zero attached hydrogens (tertiary/aromatic N) is 1. The van der Waals surface area contributed by atoms with Crippen molar-refractivity contribution in [3.8, 4) is 11.8 Å². The standard InChI is InChI=1S/C9H9NO.C2H6/c1-8-4-5-9(10-7-8)3-2-6-11;1-2/h4-5,7,11H,6H2,1H3;1-2H3. The van der Waals surface area contributed by atoms with Gasteiger partial charge in [0.1, 0.15) is 12.3 Å². The Kier molecular flexibility index (Phi) is 6.58. The number of aliphatic hydroxyl groups excluding tert-OH is 1. The molecule has 0 spiro atoms. The van der Waals surface area contributed by atoms with Gasteiger partial charge in [-0.1, -0.05) is 25.8 Å². The molecular formula is C11H15NO. The second-order valence-electron chi connectivity index (χ2n) is 2.18. The molecule has 0 radical (unpaired) electrons. The van der Waals surface area contributed by atoms with Gasteiger partial charge in [-0.2, -0.15) is 0 Å². The van der Waals surface area contributed by atoms with Gasteiger partial charge in [-0.05, 0) is 24.5 Å². The van der Waals surface area contributed by atoms with Crippen LogP contribution in [0, 0.1) is 18.8 Å². The van der Waals surface area contributed by atoms with E-state index < -0.39 is 0 Å². The molecule has 1 N–H and O–H groups in total. The van der Waals surface area contributed by atoms with Crippen molar-refractivity contribution in [3.63, 3.8) is 0 Å². The number of pyridine rings is 1. The summed E-state index contributed by atoms with van der Waals surface area (Å²) in [5, 5.41) is 8.38. The SMILES string of the molecule is CC.Cc1ccc(C#CCO)nc1. The molecule has 0 amide bonds. The predicted octanol–water partition coefficient (Wildman–Crippen LogP) is 1.76. The number of aliphatic hydroxyl groups is 1. The third kappa shape index (κ3) is 5.00. The van der Waals surface area contributed by atoms with Crippen LogP contribution in [0.1, 0.15) is 25.1 Å². The maximum absolute atomic E-state index is 8.38. The van der Waals surface area contributed by atoms with Crippen LogP contribution in [0.5, 0.6) is 0 Å². The van der Waals surface area contributed by atoms with Gasteiger partial charge in [0.2, 0.25) is 0 Å². The average Bonchev–Trinajstić information content (AvgIpc) is 2.20. The summed E-state index contributed by atoms with van der Waals surface area (Å²) in [4.78, 5) is 4.03. The Hall–Kier alpha value is -1.33. The fraction of sp³-hybridized carbons (Fsp3) is 0.364. The molecular weight excluding hydrogens is 162 g/mol. The molecule has 1 rings (SSSR count). The summed E-state index contributed by atoms with van der Waals surface area (Å²) >= 11 is 0. The zero-order valence-corrected chi connectivity index (χ0v) is 8.33. The second-order valence-corrected chi connectivity index (χ2v) is 2.18. The highest BCUT2D eigenvalue weighted by Gasteiger charge is 1.85. The summed E-state index contributed by atoms with van der Waals surface area (Å²) in [6.45, 7) is 5.85. The number of aryl methyl sites for hydroxylation is 1. The molecule has 0 fully saturated rings. The van der Waals surface area contributed by atoms with E-state index in [2.05, 4.69) is 16.8 Å². The molecule has 2 nitrogen and oxygen atoms in total. The fourth-order valence-electron chi connectivity index (χ4n) is 0.672. The van der Waals surface area contributed by atoms with Gasteiger partial charge in [0.25, 0.3) is 0 Å². The van der Waals surface area contributed by atoms with Crippen LogP contribution < -0.4 is 0 Å². The van der Waals surface area contributed by atoms with Gasteiger partial charge in [0, 0.05) is 6.20 Å². The van der Waals surface area contributed by atoms with Crippen molar-refractivity contribution in [2.24, 2.45) is 0 Å². The van der Waals surface area contributed by atoms with Crippen LogP contribution in [0.25, 0.3) is 0 Å². The second kappa shape index (κ2) is 7.33. The van der Waals surface area contributed by atoms with Gasteiger partial charge in [0.05, 0.1) is 0 Å². The van der Waals surface area contributed by atoms with E-state index in [0.717, 1.165) is 5.56 Å². The van der Waals surface area contributed by atoms with Gasteiger partial charge >= 0.3 is 0 Å². The maximum atomic E-state index is 8.38. The van der Waals surface area contributed by atoms with E-state index in [1.165, 1.54) is 0 Å². The Morgan fingerprint density at radius 2 is 2.08 bits per heavy atom. The Morgan fingerprint density at radius 1 is 1.38 bits per heavy atom. The van der Waals surface area contributed by atoms with E-state index in [0.29, 0.717) is 5.69 Å². The van der Waals surface area contributed by atoms with Crippen molar-refractivity contribution >= 4 is 0 Å². The molecule has 70 valence electrons. The summed E-state index contributed by atoms with van der Waals surface area (Å²) in [5.41, 5.74) is 1.81. The lowest BCUT2D eigenvalue weighted by atomic mass is 10.3. The first-order valence-corrected chi connectivity index (χ1v) is 4.35. The molecule has 0 aromatic carbocycles. The molecule has 2 heteroatoms. The minimum atomic E-state index is -0.116. The van der Waals surface area contributed by atoms with E-state index in [1.807, 2.05) is 32.9 Å². The van der Waals surface area contributed by atoms with Gasteiger partial charge in [-0.15, -0.1) is 0 Å². The third-order valence-corrected chi connectivity index (χ3v) is 1.21. The summed E-state index contributed by atoms with van der Waals surface area (Å²) in [6.07, 6.45) is 1.75. The Bertz CT molecular complexity index is 279. The van der Waals surface area contributed by atoms with Crippen molar-refractivity contribution in [3.05, 3.63) is 29.6 Å². The third-order valence-electron chi connectivity index (χ3n) is 1.21. The van der Waals surface area contributed by atoms with E-state index in [9.17, 15) is 0 Å². The molecule has 0 unspecified atom stereocenters. The molecule has 13 heavy (non-hydrogen) atoms. The molecule has 0 saturated heterocycles. The van der Waals surface area contributed by atoms with E-state index in [1.54, 1.807) is 6.20 Å². The van der Waals surface area contributed by atoms with Crippen LogP contribution >= 0.6 is 0 Å². The van der Waals surface area contributed by atoms with Gasteiger partial charge < -0.3 is 5.11 Å². The van der Waals surface area contributed by atoms with Crippen molar-refractivity contribution in [2.45, 2.75) is 20.8 Å². The molecule has 1 aromatic rings. The normalized spacial score (nSPS) is 7.69.